The zero-order valence-electron chi connectivity index (χ0n) is 17.6. The molecule has 176 valence electrons. The molecule has 0 saturated carbocycles. The molecule has 0 aliphatic carbocycles. The SMILES string of the molecule is O=C(NOCCO)c1ccc(F)c(F)c1Nc1ccc(C#CCOC2CCCCO2)cc1F. The Morgan fingerprint density at radius 3 is 2.76 bits per heavy atom. The van der Waals surface area contributed by atoms with Gasteiger partial charge in [-0.1, -0.05) is 11.8 Å². The average Bonchev–Trinajstić information content (AvgIpc) is 2.82. The fourth-order valence-corrected chi connectivity index (χ4v) is 3.02. The first-order valence-corrected chi connectivity index (χ1v) is 10.3. The highest BCUT2D eigenvalue weighted by Gasteiger charge is 2.20. The number of carbonyl (C=O) groups excluding carboxylic acids is 1. The van der Waals surface area contributed by atoms with Crippen molar-refractivity contribution < 1.29 is 37.4 Å². The van der Waals surface area contributed by atoms with Gasteiger partial charge in [0.05, 0.1) is 30.2 Å². The van der Waals surface area contributed by atoms with Crippen LogP contribution in [0.15, 0.2) is 30.3 Å². The predicted molar refractivity (Wildman–Crippen MR) is 113 cm³/mol. The molecule has 1 heterocycles. The third-order valence-corrected chi connectivity index (χ3v) is 4.64. The first-order valence-electron chi connectivity index (χ1n) is 10.3. The summed E-state index contributed by atoms with van der Waals surface area (Å²) in [6, 6.07) is 5.67. The Kier molecular flexibility index (Phi) is 9.09. The Bertz CT molecular complexity index is 1030. The molecular formula is C23H23F3N2O5. The highest BCUT2D eigenvalue weighted by molar-refractivity contribution is 6.00. The van der Waals surface area contributed by atoms with E-state index >= 15 is 0 Å². The van der Waals surface area contributed by atoms with E-state index in [-0.39, 0.29) is 37.4 Å². The fraction of sp³-hybridized carbons (Fsp3) is 0.348. The molecule has 3 N–H and O–H groups in total. The van der Waals surface area contributed by atoms with Crippen molar-refractivity contribution in [3.8, 4) is 11.8 Å². The van der Waals surface area contributed by atoms with E-state index in [1.54, 1.807) is 0 Å². The maximum atomic E-state index is 14.6. The van der Waals surface area contributed by atoms with Crippen molar-refractivity contribution in [1.29, 1.82) is 0 Å². The first kappa shape index (κ1) is 24.5. The van der Waals surface area contributed by atoms with E-state index < -0.39 is 29.0 Å². The van der Waals surface area contributed by atoms with Gasteiger partial charge in [-0.05, 0) is 49.6 Å². The molecule has 2 aromatic rings. The number of ether oxygens (including phenoxy) is 2. The van der Waals surface area contributed by atoms with Gasteiger partial charge in [0.1, 0.15) is 12.4 Å². The Labute approximate surface area is 188 Å². The minimum atomic E-state index is -1.37. The molecule has 0 radical (unpaired) electrons. The molecule has 7 nitrogen and oxygen atoms in total. The molecular weight excluding hydrogens is 441 g/mol. The van der Waals surface area contributed by atoms with Gasteiger partial charge in [0, 0.05) is 12.2 Å². The van der Waals surface area contributed by atoms with Crippen molar-refractivity contribution in [1.82, 2.24) is 5.48 Å². The van der Waals surface area contributed by atoms with E-state index in [0.717, 1.165) is 37.5 Å². The number of halogens is 3. The van der Waals surface area contributed by atoms with Crippen LogP contribution >= 0.6 is 0 Å². The molecule has 3 rings (SSSR count). The van der Waals surface area contributed by atoms with Crippen molar-refractivity contribution in [2.45, 2.75) is 25.6 Å². The van der Waals surface area contributed by atoms with Crippen LogP contribution < -0.4 is 10.8 Å². The number of hydrogen-bond donors (Lipinski definition) is 3. The number of benzene rings is 2. The number of carbonyl (C=O) groups is 1. The second-order valence-corrected chi connectivity index (χ2v) is 7.02. The maximum absolute atomic E-state index is 14.6. The highest BCUT2D eigenvalue weighted by atomic mass is 19.2. The van der Waals surface area contributed by atoms with Gasteiger partial charge in [-0.25, -0.2) is 18.7 Å². The summed E-state index contributed by atoms with van der Waals surface area (Å²) in [5.41, 5.74) is 1.25. The van der Waals surface area contributed by atoms with Crippen LogP contribution in [0.1, 0.15) is 35.2 Å². The van der Waals surface area contributed by atoms with Crippen LogP contribution in [0.25, 0.3) is 0 Å². The predicted octanol–water partition coefficient (Wildman–Crippen LogP) is 3.40. The lowest BCUT2D eigenvalue weighted by atomic mass is 10.1. The largest absolute Gasteiger partial charge is 0.394 e. The van der Waals surface area contributed by atoms with E-state index in [2.05, 4.69) is 17.2 Å². The van der Waals surface area contributed by atoms with Gasteiger partial charge in [-0.2, -0.15) is 0 Å². The smallest absolute Gasteiger partial charge is 0.277 e. The summed E-state index contributed by atoms with van der Waals surface area (Å²) in [6.07, 6.45) is 2.57. The second kappa shape index (κ2) is 12.2. The minimum Gasteiger partial charge on any atom is -0.394 e. The summed E-state index contributed by atoms with van der Waals surface area (Å²) in [5.74, 6) is 1.25. The first-order chi connectivity index (χ1) is 16.0. The molecule has 0 spiro atoms. The van der Waals surface area contributed by atoms with Gasteiger partial charge in [-0.15, -0.1) is 0 Å². The lowest BCUT2D eigenvalue weighted by Gasteiger charge is -2.21. The number of hydroxylamine groups is 1. The summed E-state index contributed by atoms with van der Waals surface area (Å²) >= 11 is 0. The van der Waals surface area contributed by atoms with Crippen LogP contribution in [0.5, 0.6) is 0 Å². The zero-order valence-corrected chi connectivity index (χ0v) is 17.6. The zero-order chi connectivity index (χ0) is 23.6. The van der Waals surface area contributed by atoms with Gasteiger partial charge in [-0.3, -0.25) is 9.63 Å². The van der Waals surface area contributed by atoms with E-state index in [0.29, 0.717) is 12.2 Å². The third-order valence-electron chi connectivity index (χ3n) is 4.64. The number of amides is 1. The quantitative estimate of drug-likeness (QED) is 0.315. The van der Waals surface area contributed by atoms with Crippen LogP contribution in [-0.2, 0) is 14.3 Å². The molecule has 1 aliphatic heterocycles. The minimum absolute atomic E-state index is 0.123. The van der Waals surface area contributed by atoms with Crippen LogP contribution in [0.4, 0.5) is 24.5 Å². The maximum Gasteiger partial charge on any atom is 0.277 e. The Balaban J connectivity index is 1.70. The van der Waals surface area contributed by atoms with Gasteiger partial charge in [0.25, 0.3) is 5.91 Å². The standard InChI is InChI=1S/C23H23F3N2O5/c24-17-8-7-16(23(30)28-33-13-10-29)22(21(17)26)27-19-9-6-15(14-18(19)25)4-3-12-32-20-5-1-2-11-31-20/h6-9,14,20,27,29H,1-2,5,10-13H2,(H,28,30). The molecule has 0 bridgehead atoms. The number of aliphatic hydroxyl groups excluding tert-OH is 1. The monoisotopic (exact) mass is 464 g/mol. The van der Waals surface area contributed by atoms with E-state index in [1.165, 1.54) is 12.1 Å². The fourth-order valence-electron chi connectivity index (χ4n) is 3.02. The molecule has 1 amide bonds. The summed E-state index contributed by atoms with van der Waals surface area (Å²) < 4.78 is 53.7. The van der Waals surface area contributed by atoms with Gasteiger partial charge in [0.15, 0.2) is 17.9 Å². The molecule has 2 aromatic carbocycles. The van der Waals surface area contributed by atoms with Crippen molar-refractivity contribution in [2.24, 2.45) is 0 Å². The van der Waals surface area contributed by atoms with Crippen molar-refractivity contribution in [3.05, 3.63) is 58.9 Å². The third kappa shape index (κ3) is 6.94. The van der Waals surface area contributed by atoms with E-state index in [1.807, 2.05) is 5.48 Å². The summed E-state index contributed by atoms with van der Waals surface area (Å²) in [6.45, 7) is 0.221. The number of nitrogens with one attached hydrogen (secondary N) is 2. The Hall–Kier alpha value is -3.10. The number of rotatable bonds is 8. The van der Waals surface area contributed by atoms with Crippen LogP contribution in [0, 0.1) is 29.3 Å². The highest BCUT2D eigenvalue weighted by Crippen LogP contribution is 2.28. The molecule has 0 aromatic heterocycles. The summed E-state index contributed by atoms with van der Waals surface area (Å²) in [4.78, 5) is 16.9. The van der Waals surface area contributed by atoms with Crippen molar-refractivity contribution in [3.63, 3.8) is 0 Å². The molecule has 1 fully saturated rings. The molecule has 1 saturated heterocycles. The second-order valence-electron chi connectivity index (χ2n) is 7.02. The summed E-state index contributed by atoms with van der Waals surface area (Å²) in [7, 11) is 0. The molecule has 10 heteroatoms. The van der Waals surface area contributed by atoms with Crippen LogP contribution in [-0.4, -0.2) is 43.7 Å². The van der Waals surface area contributed by atoms with Gasteiger partial charge in [0.2, 0.25) is 0 Å². The number of anilines is 2. The van der Waals surface area contributed by atoms with Crippen LogP contribution in [0.3, 0.4) is 0 Å². The molecule has 1 unspecified atom stereocenters. The summed E-state index contributed by atoms with van der Waals surface area (Å²) in [5, 5.41) is 11.1. The van der Waals surface area contributed by atoms with E-state index in [4.69, 9.17) is 19.4 Å². The van der Waals surface area contributed by atoms with Crippen molar-refractivity contribution in [2.75, 3.05) is 31.7 Å². The molecule has 33 heavy (non-hydrogen) atoms. The lowest BCUT2D eigenvalue weighted by Crippen LogP contribution is -2.26. The lowest BCUT2D eigenvalue weighted by molar-refractivity contribution is -0.154. The van der Waals surface area contributed by atoms with Gasteiger partial charge < -0.3 is 19.9 Å². The van der Waals surface area contributed by atoms with Crippen LogP contribution in [0.2, 0.25) is 0 Å². The Morgan fingerprint density at radius 2 is 2.03 bits per heavy atom. The van der Waals surface area contributed by atoms with Gasteiger partial charge >= 0.3 is 0 Å². The topological polar surface area (TPSA) is 89.1 Å². The molecule has 1 atom stereocenters. The van der Waals surface area contributed by atoms with E-state index in [9.17, 15) is 18.0 Å². The van der Waals surface area contributed by atoms with Crippen molar-refractivity contribution >= 4 is 17.3 Å². The normalized spacial score (nSPS) is 15.5. The average molecular weight is 464 g/mol. The molecule has 1 aliphatic rings. The number of hydrogen-bond acceptors (Lipinski definition) is 6. The number of aliphatic hydroxyl groups is 1. The Morgan fingerprint density at radius 1 is 1.18 bits per heavy atom.